The molecule has 5 heterocycles. The highest BCUT2D eigenvalue weighted by Crippen LogP contribution is 2.21. The fourth-order valence-electron chi connectivity index (χ4n) is 3.82. The molecule has 1 atom stereocenters. The summed E-state index contributed by atoms with van der Waals surface area (Å²) < 4.78 is 3.61. The van der Waals surface area contributed by atoms with Gasteiger partial charge in [0.05, 0.1) is 34.5 Å². The van der Waals surface area contributed by atoms with Gasteiger partial charge < -0.3 is 9.88 Å². The average Bonchev–Trinajstić information content (AvgIpc) is 3.31. The molecular weight excluding hydrogens is 340 g/mol. The average molecular weight is 360 g/mol. The summed E-state index contributed by atoms with van der Waals surface area (Å²) >= 11 is 0. The third-order valence-electron chi connectivity index (χ3n) is 5.20. The predicted molar refractivity (Wildman–Crippen MR) is 104 cm³/mol. The largest absolute Gasteiger partial charge is 0.315 e. The highest BCUT2D eigenvalue weighted by atomic mass is 16.1. The van der Waals surface area contributed by atoms with Gasteiger partial charge in [-0.1, -0.05) is 0 Å². The Kier molecular flexibility index (Phi) is 3.58. The van der Waals surface area contributed by atoms with Crippen LogP contribution in [0.4, 0.5) is 0 Å². The van der Waals surface area contributed by atoms with E-state index >= 15 is 0 Å². The van der Waals surface area contributed by atoms with E-state index in [0.29, 0.717) is 10.9 Å². The number of rotatable bonds is 2. The number of pyridine rings is 2. The number of imidazole rings is 1. The van der Waals surface area contributed by atoms with E-state index in [1.165, 1.54) is 0 Å². The fourth-order valence-corrected chi connectivity index (χ4v) is 3.82. The van der Waals surface area contributed by atoms with E-state index in [-0.39, 0.29) is 11.6 Å². The maximum absolute atomic E-state index is 12.9. The van der Waals surface area contributed by atoms with Crippen LogP contribution in [0.3, 0.4) is 0 Å². The summed E-state index contributed by atoms with van der Waals surface area (Å²) in [5, 5.41) is 8.59. The van der Waals surface area contributed by atoms with Gasteiger partial charge in [0.2, 0.25) is 0 Å². The molecule has 1 aliphatic heterocycles. The van der Waals surface area contributed by atoms with Gasteiger partial charge in [-0.3, -0.25) is 4.79 Å². The Morgan fingerprint density at radius 3 is 2.85 bits per heavy atom. The minimum atomic E-state index is 0.0186. The number of nitrogens with zero attached hydrogens (tertiary/aromatic N) is 5. The minimum Gasteiger partial charge on any atom is -0.315 e. The summed E-state index contributed by atoms with van der Waals surface area (Å²) in [7, 11) is 0. The van der Waals surface area contributed by atoms with Crippen LogP contribution >= 0.6 is 0 Å². The van der Waals surface area contributed by atoms with Crippen molar-refractivity contribution in [2.24, 2.45) is 0 Å². The quantitative estimate of drug-likeness (QED) is 0.593. The smallest absolute Gasteiger partial charge is 0.260 e. The monoisotopic (exact) mass is 360 g/mol. The molecule has 1 N–H and O–H groups in total. The highest BCUT2D eigenvalue weighted by Gasteiger charge is 2.18. The van der Waals surface area contributed by atoms with E-state index in [9.17, 15) is 4.79 Å². The first-order valence-corrected chi connectivity index (χ1v) is 9.17. The van der Waals surface area contributed by atoms with E-state index < -0.39 is 0 Å². The normalized spacial score (nSPS) is 17.2. The fraction of sp³-hybridized carbons (Fsp3) is 0.300. The van der Waals surface area contributed by atoms with Crippen LogP contribution in [-0.2, 0) is 0 Å². The molecule has 7 nitrogen and oxygen atoms in total. The van der Waals surface area contributed by atoms with Crippen molar-refractivity contribution in [2.45, 2.75) is 26.3 Å². The molecule has 7 heteroatoms. The van der Waals surface area contributed by atoms with Crippen molar-refractivity contribution < 1.29 is 0 Å². The Morgan fingerprint density at radius 2 is 2.04 bits per heavy atom. The molecule has 0 amide bonds. The van der Waals surface area contributed by atoms with Crippen LogP contribution in [-0.4, -0.2) is 37.2 Å². The number of nitrogens with one attached hydrogen (secondary N) is 1. The van der Waals surface area contributed by atoms with Crippen LogP contribution in [0.15, 0.2) is 41.5 Å². The maximum Gasteiger partial charge on any atom is 0.260 e. The molecule has 0 saturated carbocycles. The van der Waals surface area contributed by atoms with Crippen LogP contribution in [0.25, 0.3) is 27.9 Å². The molecule has 0 spiro atoms. The molecule has 4 aromatic heterocycles. The molecule has 0 unspecified atom stereocenters. The lowest BCUT2D eigenvalue weighted by molar-refractivity contribution is 0.532. The standard InChI is InChI=1S/C20H20N6O/c1-12-9-18(24-26-11-13(2)22-19(12)26)17-4-3-15-16(23-17)6-8-25(20(15)27)14-5-7-21-10-14/h3-4,6,8-9,11,14,21H,5,7,10H2,1-2H3/t14-/m0/s1. The number of aryl methyl sites for hydroxylation is 2. The van der Waals surface area contributed by atoms with Crippen LogP contribution in [0.5, 0.6) is 0 Å². The minimum absolute atomic E-state index is 0.0186. The van der Waals surface area contributed by atoms with Crippen molar-refractivity contribution in [3.63, 3.8) is 0 Å². The molecule has 27 heavy (non-hydrogen) atoms. The van der Waals surface area contributed by atoms with Crippen molar-refractivity contribution in [2.75, 3.05) is 13.1 Å². The maximum atomic E-state index is 12.9. The van der Waals surface area contributed by atoms with Crippen molar-refractivity contribution in [1.82, 2.24) is 29.5 Å². The zero-order valence-electron chi connectivity index (χ0n) is 15.3. The molecule has 1 aliphatic rings. The van der Waals surface area contributed by atoms with Crippen molar-refractivity contribution in [1.29, 1.82) is 0 Å². The summed E-state index contributed by atoms with van der Waals surface area (Å²) in [5.41, 5.74) is 5.05. The van der Waals surface area contributed by atoms with E-state index in [2.05, 4.69) is 15.4 Å². The summed E-state index contributed by atoms with van der Waals surface area (Å²) in [6, 6.07) is 7.86. The SMILES string of the molecule is Cc1cn2nc(-c3ccc4c(=O)n([C@H]5CCNC5)ccc4n3)cc(C)c2n1. The Balaban J connectivity index is 1.62. The lowest BCUT2D eigenvalue weighted by Gasteiger charge is -2.13. The van der Waals surface area contributed by atoms with Gasteiger partial charge in [0.25, 0.3) is 5.56 Å². The van der Waals surface area contributed by atoms with Crippen molar-refractivity contribution in [3.05, 3.63) is 58.3 Å². The number of fused-ring (bicyclic) bond motifs is 2. The van der Waals surface area contributed by atoms with Gasteiger partial charge in [-0.15, -0.1) is 0 Å². The Bertz CT molecular complexity index is 1230. The van der Waals surface area contributed by atoms with Crippen LogP contribution in [0, 0.1) is 13.8 Å². The second-order valence-electron chi connectivity index (χ2n) is 7.17. The summed E-state index contributed by atoms with van der Waals surface area (Å²) in [6.07, 6.45) is 4.74. The van der Waals surface area contributed by atoms with Gasteiger partial charge in [-0.2, -0.15) is 5.10 Å². The predicted octanol–water partition coefficient (Wildman–Crippen LogP) is 2.26. The van der Waals surface area contributed by atoms with Crippen LogP contribution in [0.2, 0.25) is 0 Å². The second-order valence-corrected chi connectivity index (χ2v) is 7.17. The van der Waals surface area contributed by atoms with E-state index in [0.717, 1.165) is 47.8 Å². The van der Waals surface area contributed by atoms with E-state index in [4.69, 9.17) is 4.98 Å². The Morgan fingerprint density at radius 1 is 1.15 bits per heavy atom. The lowest BCUT2D eigenvalue weighted by atomic mass is 10.1. The topological polar surface area (TPSA) is 77.1 Å². The van der Waals surface area contributed by atoms with Gasteiger partial charge in [0.15, 0.2) is 5.65 Å². The number of hydrogen-bond donors (Lipinski definition) is 1. The van der Waals surface area contributed by atoms with Gasteiger partial charge in [-0.25, -0.2) is 14.5 Å². The van der Waals surface area contributed by atoms with E-state index in [1.54, 1.807) is 4.52 Å². The summed E-state index contributed by atoms with van der Waals surface area (Å²) in [6.45, 7) is 5.76. The van der Waals surface area contributed by atoms with Crippen LogP contribution < -0.4 is 10.9 Å². The van der Waals surface area contributed by atoms with Crippen molar-refractivity contribution in [3.8, 4) is 11.4 Å². The van der Waals surface area contributed by atoms with Crippen LogP contribution in [0.1, 0.15) is 23.7 Å². The number of aromatic nitrogens is 5. The zero-order chi connectivity index (χ0) is 18.5. The first-order valence-electron chi connectivity index (χ1n) is 9.17. The molecule has 0 bridgehead atoms. The molecule has 5 rings (SSSR count). The number of hydrogen-bond acceptors (Lipinski definition) is 5. The first-order chi connectivity index (χ1) is 13.1. The second kappa shape index (κ2) is 5.99. The van der Waals surface area contributed by atoms with E-state index in [1.807, 2.05) is 55.1 Å². The highest BCUT2D eigenvalue weighted by molar-refractivity contribution is 5.80. The molecular formula is C20H20N6O. The molecule has 0 aliphatic carbocycles. The lowest BCUT2D eigenvalue weighted by Crippen LogP contribution is -2.25. The summed E-state index contributed by atoms with van der Waals surface area (Å²) in [4.78, 5) is 22.1. The molecule has 1 saturated heterocycles. The molecule has 0 aromatic carbocycles. The molecule has 1 fully saturated rings. The zero-order valence-corrected chi connectivity index (χ0v) is 15.3. The van der Waals surface area contributed by atoms with Crippen molar-refractivity contribution >= 4 is 16.6 Å². The Hall–Kier alpha value is -3.06. The van der Waals surface area contributed by atoms with Gasteiger partial charge >= 0.3 is 0 Å². The van der Waals surface area contributed by atoms with Gasteiger partial charge in [-0.05, 0) is 56.6 Å². The third-order valence-corrected chi connectivity index (χ3v) is 5.20. The molecule has 0 radical (unpaired) electrons. The summed E-state index contributed by atoms with van der Waals surface area (Å²) in [5.74, 6) is 0. The Labute approximate surface area is 155 Å². The first kappa shape index (κ1) is 16.1. The molecule has 4 aromatic rings. The van der Waals surface area contributed by atoms with Gasteiger partial charge in [0, 0.05) is 12.7 Å². The van der Waals surface area contributed by atoms with Gasteiger partial charge in [0.1, 0.15) is 5.69 Å². The molecule has 136 valence electrons. The third kappa shape index (κ3) is 2.62.